The minimum atomic E-state index is -0.504. The second-order valence-electron chi connectivity index (χ2n) is 10.7. The van der Waals surface area contributed by atoms with Gasteiger partial charge in [-0.3, -0.25) is 9.88 Å². The van der Waals surface area contributed by atoms with Crippen LogP contribution in [0.25, 0.3) is 37.6 Å². The molecule has 5 nitrogen and oxygen atoms in total. The molecule has 0 spiro atoms. The van der Waals surface area contributed by atoms with E-state index in [2.05, 4.69) is 99.7 Å². The summed E-state index contributed by atoms with van der Waals surface area (Å²) in [5, 5.41) is 25.0. The van der Waals surface area contributed by atoms with Crippen molar-refractivity contribution in [3.8, 4) is 5.75 Å². The Hall–Kier alpha value is -2.17. The van der Waals surface area contributed by atoms with E-state index in [9.17, 15) is 5.11 Å². The van der Waals surface area contributed by atoms with Crippen molar-refractivity contribution in [1.82, 2.24) is 9.88 Å². The van der Waals surface area contributed by atoms with Gasteiger partial charge in [-0.05, 0) is 133 Å². The second kappa shape index (κ2) is 14.5. The van der Waals surface area contributed by atoms with Crippen LogP contribution >= 0.6 is 50.6 Å². The van der Waals surface area contributed by atoms with Gasteiger partial charge in [0.25, 0.3) is 0 Å². The van der Waals surface area contributed by atoms with E-state index in [0.29, 0.717) is 17.9 Å². The van der Waals surface area contributed by atoms with Crippen LogP contribution in [0.4, 0.5) is 0 Å². The number of aromatic nitrogens is 1. The SMILES string of the molecule is C=CC1CN2CCC1CC2[C@@H](O)c1ccnc2ccc(OC)cc12.Ic1cc2ccccc2c2ccccc12.[N-]=PI. The summed E-state index contributed by atoms with van der Waals surface area (Å²) in [4.78, 5) is 6.86. The Morgan fingerprint density at radius 2 is 1.76 bits per heavy atom. The van der Waals surface area contributed by atoms with Crippen LogP contribution in [-0.4, -0.2) is 41.2 Å². The van der Waals surface area contributed by atoms with Gasteiger partial charge in [0.2, 0.25) is 0 Å². The van der Waals surface area contributed by atoms with E-state index in [1.807, 2.05) is 46.3 Å². The van der Waals surface area contributed by atoms with Crippen molar-refractivity contribution in [2.45, 2.75) is 25.0 Å². The summed E-state index contributed by atoms with van der Waals surface area (Å²) in [5.41, 5.74) is 1.85. The maximum absolute atomic E-state index is 11.2. The van der Waals surface area contributed by atoms with Gasteiger partial charge in [0.15, 0.2) is 0 Å². The van der Waals surface area contributed by atoms with Crippen LogP contribution in [-0.2, 0) is 0 Å². The zero-order valence-corrected chi connectivity index (χ0v) is 28.6. The number of halogens is 2. The molecule has 5 aromatic rings. The molecule has 3 saturated heterocycles. The van der Waals surface area contributed by atoms with Gasteiger partial charge in [-0.2, -0.15) is 6.02 Å². The van der Waals surface area contributed by atoms with Crippen LogP contribution in [0.1, 0.15) is 24.5 Å². The summed E-state index contributed by atoms with van der Waals surface area (Å²) >= 11 is 4.22. The predicted molar refractivity (Wildman–Crippen MR) is 193 cm³/mol. The third kappa shape index (κ3) is 6.65. The molecule has 4 unspecified atom stereocenters. The number of hydrogen-bond acceptors (Lipinski definition) is 4. The van der Waals surface area contributed by atoms with Crippen LogP contribution in [0.5, 0.6) is 5.75 Å². The smallest absolute Gasteiger partial charge is 0.119 e. The lowest BCUT2D eigenvalue weighted by Gasteiger charge is -2.50. The molecule has 3 fully saturated rings. The van der Waals surface area contributed by atoms with E-state index in [0.717, 1.165) is 41.7 Å². The molecule has 0 amide bonds. The van der Waals surface area contributed by atoms with Gasteiger partial charge in [0.05, 0.1) is 18.7 Å². The van der Waals surface area contributed by atoms with Gasteiger partial charge < -0.3 is 15.0 Å². The molecule has 216 valence electrons. The van der Waals surface area contributed by atoms with Gasteiger partial charge in [0, 0.05) is 27.7 Å². The number of methoxy groups -OCH3 is 1. The highest BCUT2D eigenvalue weighted by Crippen LogP contribution is 2.42. The summed E-state index contributed by atoms with van der Waals surface area (Å²) in [6, 6.07) is 27.7. The maximum Gasteiger partial charge on any atom is 0.119 e. The molecule has 8 heteroatoms. The summed E-state index contributed by atoms with van der Waals surface area (Å²) in [6.45, 7) is 6.07. The Bertz CT molecular complexity index is 1720. The summed E-state index contributed by atoms with van der Waals surface area (Å²) < 4.78 is 6.67. The average Bonchev–Trinajstić information content (AvgIpc) is 3.05. The molecule has 0 saturated carbocycles. The Kier molecular flexibility index (Phi) is 10.8. The minimum Gasteiger partial charge on any atom is -0.774 e. The molecule has 0 radical (unpaired) electrons. The molecule has 3 aliphatic rings. The van der Waals surface area contributed by atoms with Crippen LogP contribution in [0.15, 0.2) is 97.7 Å². The number of ether oxygens (including phenoxy) is 1. The van der Waals surface area contributed by atoms with E-state index in [1.165, 1.54) is 31.5 Å². The van der Waals surface area contributed by atoms with Crippen LogP contribution < -0.4 is 4.74 Å². The molecule has 3 aliphatic heterocycles. The Morgan fingerprint density at radius 1 is 1.05 bits per heavy atom. The molecule has 5 atom stereocenters. The highest BCUT2D eigenvalue weighted by atomic mass is 127. The van der Waals surface area contributed by atoms with Gasteiger partial charge in [0.1, 0.15) is 5.75 Å². The highest BCUT2D eigenvalue weighted by Gasteiger charge is 2.42. The van der Waals surface area contributed by atoms with E-state index >= 15 is 0 Å². The van der Waals surface area contributed by atoms with Gasteiger partial charge in [-0.1, -0.05) is 54.6 Å². The average molecular weight is 800 g/mol. The van der Waals surface area contributed by atoms with Crippen LogP contribution in [0, 0.1) is 15.4 Å². The van der Waals surface area contributed by atoms with Gasteiger partial charge in [-0.15, -0.1) is 6.58 Å². The van der Waals surface area contributed by atoms with Gasteiger partial charge in [-0.25, -0.2) is 0 Å². The third-order valence-electron chi connectivity index (χ3n) is 8.54. The van der Waals surface area contributed by atoms with Crippen molar-refractivity contribution in [3.63, 3.8) is 0 Å². The molecule has 1 N–H and O–H groups in total. The number of benzene rings is 4. The molecule has 2 bridgehead atoms. The normalized spacial score (nSPS) is 21.7. The number of rotatable bonds is 4. The van der Waals surface area contributed by atoms with Crippen LogP contribution in [0.2, 0.25) is 0 Å². The van der Waals surface area contributed by atoms with E-state index in [-0.39, 0.29) is 6.04 Å². The molecular weight excluding hydrogens is 767 g/mol. The number of aliphatic hydroxyl groups is 1. The topological polar surface area (TPSA) is 67.9 Å². The molecule has 4 heterocycles. The Labute approximate surface area is 275 Å². The van der Waals surface area contributed by atoms with Crippen molar-refractivity contribution in [2.75, 3.05) is 20.2 Å². The fraction of sp³-hybridized carbons (Fsp3) is 0.265. The number of hydrogen-bond donors (Lipinski definition) is 1. The number of pyridine rings is 1. The lowest BCUT2D eigenvalue weighted by molar-refractivity contribution is -0.0444. The first-order valence-electron chi connectivity index (χ1n) is 14.0. The van der Waals surface area contributed by atoms with Crippen LogP contribution in [0.3, 0.4) is 0 Å². The first-order chi connectivity index (χ1) is 20.5. The predicted octanol–water partition coefficient (Wildman–Crippen LogP) is 9.81. The molecule has 1 aromatic heterocycles. The number of aliphatic hydroxyl groups excluding tert-OH is 1. The fourth-order valence-electron chi connectivity index (χ4n) is 6.45. The first kappa shape index (κ1) is 31.3. The monoisotopic (exact) mass is 800 g/mol. The standard InChI is InChI=1S/C20H24N2O2.C14H9I.INP/c1-3-13-12-22-9-7-14(13)10-19(22)20(23)16-6-8-21-18-5-4-15(24-2)11-17(16)18;15-14-9-10-5-1-2-6-11(10)12-7-3-4-8-13(12)14;1-3-2/h3-6,8,11,13-14,19-20,23H,1,7,9-10,12H2,2H3;1-9H;/q;;-1/t13?,14?,19?,20-;;/m0../s1. The quantitative estimate of drug-likeness (QED) is 0.0851. The number of piperidine rings is 3. The highest BCUT2D eigenvalue weighted by molar-refractivity contribution is 14.2. The summed E-state index contributed by atoms with van der Waals surface area (Å²) in [6.07, 6.45) is 5.62. The lowest BCUT2D eigenvalue weighted by Crippen LogP contribution is -2.54. The maximum atomic E-state index is 11.2. The zero-order chi connectivity index (χ0) is 29.6. The second-order valence-corrected chi connectivity index (χ2v) is 13.3. The first-order valence-corrected chi connectivity index (χ1v) is 18.7. The Balaban J connectivity index is 0.000000167. The number of fused-ring (bicyclic) bond motifs is 7. The molecule has 8 rings (SSSR count). The molecule has 0 aliphatic carbocycles. The van der Waals surface area contributed by atoms with E-state index < -0.39 is 6.10 Å². The minimum absolute atomic E-state index is 0.178. The van der Waals surface area contributed by atoms with E-state index in [1.54, 1.807) is 13.3 Å². The summed E-state index contributed by atoms with van der Waals surface area (Å²) in [5.74, 6) is 2.01. The van der Waals surface area contributed by atoms with Crippen molar-refractivity contribution in [3.05, 3.63) is 112 Å². The largest absolute Gasteiger partial charge is 0.774 e. The zero-order valence-electron chi connectivity index (χ0n) is 23.4. The Morgan fingerprint density at radius 3 is 2.45 bits per heavy atom. The van der Waals surface area contributed by atoms with Crippen molar-refractivity contribution < 1.29 is 9.84 Å². The third-order valence-corrected chi connectivity index (χ3v) is 9.43. The van der Waals surface area contributed by atoms with Crippen molar-refractivity contribution in [1.29, 1.82) is 0 Å². The molecule has 4 aromatic carbocycles. The molecular formula is C34H33I2N3O2P-. The van der Waals surface area contributed by atoms with E-state index in [4.69, 9.17) is 9.90 Å². The van der Waals surface area contributed by atoms with Gasteiger partial charge >= 0.3 is 0 Å². The number of nitrogens with zero attached hydrogens (tertiary/aromatic N) is 3. The lowest BCUT2D eigenvalue weighted by atomic mass is 9.73. The summed E-state index contributed by atoms with van der Waals surface area (Å²) in [7, 11) is 1.66. The molecule has 42 heavy (non-hydrogen) atoms. The van der Waals surface area contributed by atoms with Crippen molar-refractivity contribution >= 4 is 83.1 Å². The fourth-order valence-corrected chi connectivity index (χ4v) is 7.26. The van der Waals surface area contributed by atoms with Crippen molar-refractivity contribution in [2.24, 2.45) is 11.8 Å².